The van der Waals surface area contributed by atoms with Gasteiger partial charge in [-0.2, -0.15) is 4.98 Å². The number of para-hydroxylation sites is 1. The molecule has 1 aromatic heterocycles. The Bertz CT molecular complexity index is 626. The Morgan fingerprint density at radius 3 is 2.62 bits per heavy atom. The number of benzene rings is 1. The van der Waals surface area contributed by atoms with E-state index in [2.05, 4.69) is 15.5 Å². The number of hydrogen-bond donors (Lipinski definition) is 2. The van der Waals surface area contributed by atoms with E-state index in [0.717, 1.165) is 4.90 Å². The first-order chi connectivity index (χ1) is 10.1. The summed E-state index contributed by atoms with van der Waals surface area (Å²) in [5.74, 6) is -0.392. The normalized spacial score (nSPS) is 10.1. The van der Waals surface area contributed by atoms with Crippen molar-refractivity contribution in [2.24, 2.45) is 0 Å². The Balaban J connectivity index is 2.05. The number of aromatic nitrogens is 2. The highest BCUT2D eigenvalue weighted by Crippen LogP contribution is 2.13. The minimum absolute atomic E-state index is 0.0304. The van der Waals surface area contributed by atoms with Gasteiger partial charge >= 0.3 is 12.0 Å². The van der Waals surface area contributed by atoms with Crippen molar-refractivity contribution in [2.75, 3.05) is 11.4 Å². The number of aryl methyl sites for hydroxylation is 1. The molecule has 0 radical (unpaired) electrons. The number of anilines is 1. The summed E-state index contributed by atoms with van der Waals surface area (Å²) in [6.45, 7) is 1.25. The van der Waals surface area contributed by atoms with Gasteiger partial charge in [0.05, 0.1) is 6.54 Å². The molecule has 2 amide bonds. The van der Waals surface area contributed by atoms with Crippen molar-refractivity contribution >= 4 is 17.7 Å². The Morgan fingerprint density at radius 2 is 2.05 bits per heavy atom. The minimum atomic E-state index is -1.11. The highest BCUT2D eigenvalue weighted by Gasteiger charge is 2.19. The molecule has 2 aromatic rings. The molecule has 21 heavy (non-hydrogen) atoms. The zero-order chi connectivity index (χ0) is 15.2. The standard InChI is InChI=1S/C13H14N4O4/c1-9-15-11(21-16-9)7-14-13(20)17(8-12(18)19)10-5-3-2-4-6-10/h2-6H,7-8H2,1H3,(H,14,20)(H,18,19). The van der Waals surface area contributed by atoms with Crippen molar-refractivity contribution in [3.63, 3.8) is 0 Å². The molecular formula is C13H14N4O4. The lowest BCUT2D eigenvalue weighted by molar-refractivity contribution is -0.135. The van der Waals surface area contributed by atoms with Crippen LogP contribution in [-0.2, 0) is 11.3 Å². The van der Waals surface area contributed by atoms with Gasteiger partial charge < -0.3 is 14.9 Å². The summed E-state index contributed by atoms with van der Waals surface area (Å²) in [6.07, 6.45) is 0. The molecule has 2 rings (SSSR count). The van der Waals surface area contributed by atoms with E-state index >= 15 is 0 Å². The van der Waals surface area contributed by atoms with E-state index in [1.54, 1.807) is 37.3 Å². The van der Waals surface area contributed by atoms with Crippen LogP contribution < -0.4 is 10.2 Å². The molecular weight excluding hydrogens is 276 g/mol. The van der Waals surface area contributed by atoms with E-state index in [1.165, 1.54) is 0 Å². The third kappa shape index (κ3) is 4.03. The molecule has 0 spiro atoms. The van der Waals surface area contributed by atoms with E-state index in [9.17, 15) is 9.59 Å². The number of rotatable bonds is 5. The molecule has 0 aliphatic heterocycles. The van der Waals surface area contributed by atoms with Crippen LogP contribution in [0.4, 0.5) is 10.5 Å². The summed E-state index contributed by atoms with van der Waals surface area (Å²) in [7, 11) is 0. The predicted molar refractivity (Wildman–Crippen MR) is 72.7 cm³/mol. The number of urea groups is 1. The molecule has 0 unspecified atom stereocenters. The van der Waals surface area contributed by atoms with Gasteiger partial charge in [-0.1, -0.05) is 23.4 Å². The van der Waals surface area contributed by atoms with Gasteiger partial charge in [0.25, 0.3) is 0 Å². The predicted octanol–water partition coefficient (Wildman–Crippen LogP) is 1.18. The van der Waals surface area contributed by atoms with Crippen LogP contribution in [0.25, 0.3) is 0 Å². The van der Waals surface area contributed by atoms with Gasteiger partial charge in [0.1, 0.15) is 6.54 Å². The van der Waals surface area contributed by atoms with Crippen molar-refractivity contribution in [3.05, 3.63) is 42.0 Å². The summed E-state index contributed by atoms with van der Waals surface area (Å²) in [6, 6.07) is 7.97. The summed E-state index contributed by atoms with van der Waals surface area (Å²) < 4.78 is 4.87. The van der Waals surface area contributed by atoms with Crippen LogP contribution in [0, 0.1) is 6.92 Å². The molecule has 1 aromatic carbocycles. The molecule has 0 bridgehead atoms. The molecule has 2 N–H and O–H groups in total. The maximum Gasteiger partial charge on any atom is 0.323 e. The number of carboxylic acid groups (broad SMARTS) is 1. The zero-order valence-electron chi connectivity index (χ0n) is 11.3. The maximum absolute atomic E-state index is 12.1. The van der Waals surface area contributed by atoms with Crippen molar-refractivity contribution in [1.82, 2.24) is 15.5 Å². The second-order valence-electron chi connectivity index (χ2n) is 4.21. The molecule has 8 nitrogen and oxygen atoms in total. The quantitative estimate of drug-likeness (QED) is 0.855. The van der Waals surface area contributed by atoms with Gasteiger partial charge in [-0.15, -0.1) is 0 Å². The van der Waals surface area contributed by atoms with Gasteiger partial charge in [0.15, 0.2) is 5.82 Å². The van der Waals surface area contributed by atoms with Crippen LogP contribution in [0.3, 0.4) is 0 Å². The molecule has 0 fully saturated rings. The van der Waals surface area contributed by atoms with Crippen LogP contribution in [0.2, 0.25) is 0 Å². The fraction of sp³-hybridized carbons (Fsp3) is 0.231. The first-order valence-electron chi connectivity index (χ1n) is 6.17. The van der Waals surface area contributed by atoms with Gasteiger partial charge in [-0.05, 0) is 19.1 Å². The van der Waals surface area contributed by atoms with Crippen LogP contribution in [0.1, 0.15) is 11.7 Å². The van der Waals surface area contributed by atoms with E-state index in [1.807, 2.05) is 0 Å². The first-order valence-corrected chi connectivity index (χ1v) is 6.17. The monoisotopic (exact) mass is 290 g/mol. The number of nitrogens with zero attached hydrogens (tertiary/aromatic N) is 3. The van der Waals surface area contributed by atoms with Crippen LogP contribution in [-0.4, -0.2) is 33.8 Å². The van der Waals surface area contributed by atoms with Gasteiger partial charge in [-0.25, -0.2) is 4.79 Å². The van der Waals surface area contributed by atoms with Crippen molar-refractivity contribution in [3.8, 4) is 0 Å². The van der Waals surface area contributed by atoms with Crippen molar-refractivity contribution in [1.29, 1.82) is 0 Å². The van der Waals surface area contributed by atoms with Gasteiger partial charge in [0, 0.05) is 5.69 Å². The summed E-state index contributed by atoms with van der Waals surface area (Å²) in [4.78, 5) is 28.1. The fourth-order valence-electron chi connectivity index (χ4n) is 1.68. The lowest BCUT2D eigenvalue weighted by Gasteiger charge is -2.20. The van der Waals surface area contributed by atoms with Crippen molar-refractivity contribution < 1.29 is 19.2 Å². The molecule has 1 heterocycles. The largest absolute Gasteiger partial charge is 0.480 e. The van der Waals surface area contributed by atoms with Crippen LogP contribution >= 0.6 is 0 Å². The Hall–Kier alpha value is -2.90. The molecule has 8 heteroatoms. The number of carboxylic acids is 1. The highest BCUT2D eigenvalue weighted by molar-refractivity contribution is 5.96. The lowest BCUT2D eigenvalue weighted by Crippen LogP contribution is -2.42. The number of aliphatic carboxylic acids is 1. The second kappa shape index (κ2) is 6.51. The molecule has 110 valence electrons. The fourth-order valence-corrected chi connectivity index (χ4v) is 1.68. The smallest absolute Gasteiger partial charge is 0.323 e. The van der Waals surface area contributed by atoms with E-state index in [-0.39, 0.29) is 12.4 Å². The zero-order valence-corrected chi connectivity index (χ0v) is 11.3. The molecule has 0 saturated carbocycles. The minimum Gasteiger partial charge on any atom is -0.480 e. The van der Waals surface area contributed by atoms with Crippen LogP contribution in [0.15, 0.2) is 34.9 Å². The SMILES string of the molecule is Cc1noc(CNC(=O)N(CC(=O)O)c2ccccc2)n1. The van der Waals surface area contributed by atoms with Crippen molar-refractivity contribution in [2.45, 2.75) is 13.5 Å². The summed E-state index contributed by atoms with van der Waals surface area (Å²) >= 11 is 0. The Morgan fingerprint density at radius 1 is 1.33 bits per heavy atom. The van der Waals surface area contributed by atoms with E-state index in [0.29, 0.717) is 11.5 Å². The number of hydrogen-bond acceptors (Lipinski definition) is 5. The Labute approximate surface area is 120 Å². The van der Waals surface area contributed by atoms with E-state index < -0.39 is 18.5 Å². The molecule has 0 aliphatic rings. The third-order valence-electron chi connectivity index (χ3n) is 2.57. The van der Waals surface area contributed by atoms with Crippen LogP contribution in [0.5, 0.6) is 0 Å². The topological polar surface area (TPSA) is 109 Å². The third-order valence-corrected chi connectivity index (χ3v) is 2.57. The Kier molecular flexibility index (Phi) is 4.50. The summed E-state index contributed by atoms with van der Waals surface area (Å²) in [5, 5.41) is 15.1. The summed E-state index contributed by atoms with van der Waals surface area (Å²) in [5.41, 5.74) is 0.485. The molecule has 0 atom stereocenters. The molecule has 0 aliphatic carbocycles. The average Bonchev–Trinajstić information content (AvgIpc) is 2.88. The lowest BCUT2D eigenvalue weighted by atomic mass is 10.3. The second-order valence-corrected chi connectivity index (χ2v) is 4.21. The maximum atomic E-state index is 12.1. The number of nitrogens with one attached hydrogen (secondary N) is 1. The average molecular weight is 290 g/mol. The number of amides is 2. The van der Waals surface area contributed by atoms with E-state index in [4.69, 9.17) is 9.63 Å². The molecule has 0 saturated heterocycles. The first kappa shape index (κ1) is 14.5. The highest BCUT2D eigenvalue weighted by atomic mass is 16.5. The van der Waals surface area contributed by atoms with Gasteiger partial charge in [0.2, 0.25) is 5.89 Å². The number of carbonyl (C=O) groups is 2. The number of carbonyl (C=O) groups excluding carboxylic acids is 1. The van der Waals surface area contributed by atoms with Gasteiger partial charge in [-0.3, -0.25) is 9.69 Å².